The molecule has 0 radical (unpaired) electrons. The highest BCUT2D eigenvalue weighted by Gasteiger charge is 2.19. The van der Waals surface area contributed by atoms with E-state index in [1.54, 1.807) is 0 Å². The lowest BCUT2D eigenvalue weighted by atomic mass is 10.0. The third-order valence-corrected chi connectivity index (χ3v) is 14.2. The first kappa shape index (κ1) is 71.8. The van der Waals surface area contributed by atoms with E-state index in [0.29, 0.717) is 19.3 Å². The number of ether oxygens (including phenoxy) is 3. The fourth-order valence-electron chi connectivity index (χ4n) is 9.28. The monoisotopic (exact) mass is 1050 g/mol. The molecule has 0 aromatic heterocycles. The molecule has 0 aliphatic carbocycles. The van der Waals surface area contributed by atoms with Crippen molar-refractivity contribution in [1.29, 1.82) is 0 Å². The van der Waals surface area contributed by atoms with Gasteiger partial charge in [-0.3, -0.25) is 14.4 Å². The second-order valence-electron chi connectivity index (χ2n) is 21.7. The lowest BCUT2D eigenvalue weighted by Gasteiger charge is -2.18. The molecule has 0 saturated carbocycles. The summed E-state index contributed by atoms with van der Waals surface area (Å²) in [6.45, 7) is 6.55. The Morgan fingerprint density at radius 1 is 0.267 bits per heavy atom. The Morgan fingerprint density at radius 3 is 0.747 bits per heavy atom. The van der Waals surface area contributed by atoms with Crippen molar-refractivity contribution < 1.29 is 28.6 Å². The van der Waals surface area contributed by atoms with Crippen LogP contribution < -0.4 is 0 Å². The number of unbranched alkanes of at least 4 members (excludes halogenated alkanes) is 36. The van der Waals surface area contributed by atoms with Crippen LogP contribution in [0.15, 0.2) is 72.9 Å². The summed E-state index contributed by atoms with van der Waals surface area (Å²) >= 11 is 0. The summed E-state index contributed by atoms with van der Waals surface area (Å²) in [6, 6.07) is 0. The van der Waals surface area contributed by atoms with Gasteiger partial charge in [0.1, 0.15) is 13.2 Å². The molecule has 1 atom stereocenters. The van der Waals surface area contributed by atoms with E-state index in [1.165, 1.54) is 186 Å². The van der Waals surface area contributed by atoms with Crippen molar-refractivity contribution in [1.82, 2.24) is 0 Å². The molecule has 0 saturated heterocycles. The molecular formula is C69H122O6. The van der Waals surface area contributed by atoms with Crippen molar-refractivity contribution in [3.05, 3.63) is 72.9 Å². The van der Waals surface area contributed by atoms with Gasteiger partial charge in [-0.2, -0.15) is 0 Å². The third-order valence-electron chi connectivity index (χ3n) is 14.2. The number of hydrogen-bond acceptors (Lipinski definition) is 6. The molecule has 0 amide bonds. The summed E-state index contributed by atoms with van der Waals surface area (Å²) < 4.78 is 16.8. The van der Waals surface area contributed by atoms with E-state index >= 15 is 0 Å². The van der Waals surface area contributed by atoms with Crippen LogP contribution >= 0.6 is 0 Å². The minimum absolute atomic E-state index is 0.0788. The molecule has 75 heavy (non-hydrogen) atoms. The number of hydrogen-bond donors (Lipinski definition) is 0. The smallest absolute Gasteiger partial charge is 0.306 e. The molecule has 0 aromatic rings. The Bertz CT molecular complexity index is 1390. The average molecular weight is 1050 g/mol. The zero-order valence-corrected chi connectivity index (χ0v) is 49.8. The highest BCUT2D eigenvalue weighted by Crippen LogP contribution is 2.16. The summed E-state index contributed by atoms with van der Waals surface area (Å²) in [6.07, 6.45) is 82.5. The normalized spacial score (nSPS) is 12.5. The van der Waals surface area contributed by atoms with Gasteiger partial charge in [0, 0.05) is 19.3 Å². The van der Waals surface area contributed by atoms with Crippen LogP contribution in [0.3, 0.4) is 0 Å². The fraction of sp³-hybridized carbons (Fsp3) is 0.783. The zero-order valence-electron chi connectivity index (χ0n) is 49.8. The van der Waals surface area contributed by atoms with Crippen LogP contribution in [0.1, 0.15) is 329 Å². The molecule has 0 aromatic carbocycles. The largest absolute Gasteiger partial charge is 0.462 e. The maximum atomic E-state index is 12.8. The zero-order chi connectivity index (χ0) is 54.3. The van der Waals surface area contributed by atoms with E-state index < -0.39 is 6.10 Å². The van der Waals surface area contributed by atoms with Gasteiger partial charge in [-0.1, -0.05) is 286 Å². The first-order valence-corrected chi connectivity index (χ1v) is 32.4. The minimum Gasteiger partial charge on any atom is -0.462 e. The number of rotatable bonds is 59. The van der Waals surface area contributed by atoms with Gasteiger partial charge in [-0.15, -0.1) is 0 Å². The highest BCUT2D eigenvalue weighted by molar-refractivity contribution is 5.71. The predicted molar refractivity (Wildman–Crippen MR) is 325 cm³/mol. The van der Waals surface area contributed by atoms with Crippen molar-refractivity contribution >= 4 is 17.9 Å². The third kappa shape index (κ3) is 61.6. The number of esters is 3. The molecule has 0 aliphatic rings. The standard InChI is InChI=1S/C69H122O6/c1-4-7-10-13-15-17-19-21-23-25-27-29-30-31-32-33-34-35-36-37-38-40-41-43-45-47-49-51-53-56-59-62-68(71)74-65-66(64-73-67(70)61-58-55-12-9-6-3)75-69(72)63-60-57-54-52-50-48-46-44-42-39-28-26-24-22-20-18-16-14-11-8-5-2/h19-22,25-28,30-31,42,44,66H,4-18,23-24,29,32-41,43,45-65H2,1-3H3/b21-19-,22-20-,27-25-,28-26-,31-30-,44-42-. The van der Waals surface area contributed by atoms with Gasteiger partial charge >= 0.3 is 17.9 Å². The Balaban J connectivity index is 4.01. The number of carbonyl (C=O) groups is 3. The van der Waals surface area contributed by atoms with Gasteiger partial charge in [-0.25, -0.2) is 0 Å². The maximum absolute atomic E-state index is 12.8. The van der Waals surface area contributed by atoms with E-state index in [-0.39, 0.29) is 31.1 Å². The van der Waals surface area contributed by atoms with Gasteiger partial charge in [0.05, 0.1) is 0 Å². The second kappa shape index (κ2) is 63.4. The predicted octanol–water partition coefficient (Wildman–Crippen LogP) is 22.1. The summed E-state index contributed by atoms with van der Waals surface area (Å²) in [7, 11) is 0. The quantitative estimate of drug-likeness (QED) is 0.0261. The van der Waals surface area contributed by atoms with E-state index in [0.717, 1.165) is 103 Å². The molecule has 1 unspecified atom stereocenters. The Morgan fingerprint density at radius 2 is 0.480 bits per heavy atom. The van der Waals surface area contributed by atoms with Crippen molar-refractivity contribution in [2.45, 2.75) is 335 Å². The van der Waals surface area contributed by atoms with Crippen LogP contribution in [0.2, 0.25) is 0 Å². The topological polar surface area (TPSA) is 78.9 Å². The van der Waals surface area contributed by atoms with Crippen LogP contribution in [-0.2, 0) is 28.6 Å². The van der Waals surface area contributed by atoms with Gasteiger partial charge in [0.2, 0.25) is 0 Å². The highest BCUT2D eigenvalue weighted by atomic mass is 16.6. The van der Waals surface area contributed by atoms with E-state index in [4.69, 9.17) is 14.2 Å². The molecule has 0 bridgehead atoms. The summed E-state index contributed by atoms with van der Waals surface area (Å²) in [5.74, 6) is -0.894. The molecule has 0 aliphatic heterocycles. The molecule has 0 heterocycles. The van der Waals surface area contributed by atoms with Crippen molar-refractivity contribution in [3.63, 3.8) is 0 Å². The van der Waals surface area contributed by atoms with Gasteiger partial charge < -0.3 is 14.2 Å². The van der Waals surface area contributed by atoms with Crippen molar-refractivity contribution in [2.24, 2.45) is 0 Å². The van der Waals surface area contributed by atoms with E-state index in [9.17, 15) is 14.4 Å². The van der Waals surface area contributed by atoms with Crippen LogP contribution in [0.25, 0.3) is 0 Å². The first-order chi connectivity index (χ1) is 37.0. The Kier molecular flexibility index (Phi) is 60.7. The maximum Gasteiger partial charge on any atom is 0.306 e. The van der Waals surface area contributed by atoms with Crippen LogP contribution in [0, 0.1) is 0 Å². The molecule has 0 spiro atoms. The minimum atomic E-state index is -0.778. The number of carbonyl (C=O) groups excluding carboxylic acids is 3. The second-order valence-corrected chi connectivity index (χ2v) is 21.7. The van der Waals surface area contributed by atoms with Crippen molar-refractivity contribution in [3.8, 4) is 0 Å². The molecule has 6 heteroatoms. The lowest BCUT2D eigenvalue weighted by molar-refractivity contribution is -0.167. The van der Waals surface area contributed by atoms with Gasteiger partial charge in [0.15, 0.2) is 6.10 Å². The first-order valence-electron chi connectivity index (χ1n) is 32.4. The van der Waals surface area contributed by atoms with Crippen LogP contribution in [0.5, 0.6) is 0 Å². The van der Waals surface area contributed by atoms with Crippen LogP contribution in [0.4, 0.5) is 0 Å². The summed E-state index contributed by atoms with van der Waals surface area (Å²) in [5, 5.41) is 0. The van der Waals surface area contributed by atoms with E-state index in [1.807, 2.05) is 0 Å². The lowest BCUT2D eigenvalue weighted by Crippen LogP contribution is -2.30. The molecule has 0 fully saturated rings. The summed E-state index contributed by atoms with van der Waals surface area (Å²) in [4.78, 5) is 37.9. The summed E-state index contributed by atoms with van der Waals surface area (Å²) in [5.41, 5.74) is 0. The average Bonchev–Trinajstić information content (AvgIpc) is 3.41. The van der Waals surface area contributed by atoms with Gasteiger partial charge in [-0.05, 0) is 96.3 Å². The molecule has 6 nitrogen and oxygen atoms in total. The number of allylic oxidation sites excluding steroid dienone is 12. The molecular weight excluding hydrogens is 925 g/mol. The van der Waals surface area contributed by atoms with E-state index in [2.05, 4.69) is 93.7 Å². The molecule has 434 valence electrons. The fourth-order valence-corrected chi connectivity index (χ4v) is 9.28. The van der Waals surface area contributed by atoms with Crippen molar-refractivity contribution in [2.75, 3.05) is 13.2 Å². The van der Waals surface area contributed by atoms with Gasteiger partial charge in [0.25, 0.3) is 0 Å². The Labute approximate surface area is 465 Å². The molecule has 0 N–H and O–H groups in total. The SMILES string of the molecule is CCCCCCC/C=C\C/C=C\C/C=C\CCCCCCCCCCCCCCCCCCC(=O)OCC(COC(=O)CCCCCCC)OC(=O)CCCCCCCC/C=C\C/C=C\C/C=C\CCCCCCC. The van der Waals surface area contributed by atoms with Crippen LogP contribution in [-0.4, -0.2) is 37.2 Å². The molecule has 0 rings (SSSR count). The Hall–Kier alpha value is -3.15.